The highest BCUT2D eigenvalue weighted by Gasteiger charge is 2.37. The SMILES string of the molecule is CCC1=CCC(=O)Oc2c(C(=O)[C@@H](C)[C@@H](C)O)c(O)c3c(c21)OC(C)(C)C=C3. The molecular formula is C22H26O6. The molecule has 0 bridgehead atoms. The van der Waals surface area contributed by atoms with Crippen LogP contribution in [0.5, 0.6) is 17.2 Å². The molecular weight excluding hydrogens is 360 g/mol. The number of esters is 1. The number of hydrogen-bond acceptors (Lipinski definition) is 6. The molecule has 6 heteroatoms. The molecule has 2 aliphatic rings. The van der Waals surface area contributed by atoms with Crippen LogP contribution >= 0.6 is 0 Å². The molecule has 0 spiro atoms. The van der Waals surface area contributed by atoms with Gasteiger partial charge in [-0.05, 0) is 44.9 Å². The van der Waals surface area contributed by atoms with Crippen LogP contribution in [0.1, 0.15) is 68.9 Å². The summed E-state index contributed by atoms with van der Waals surface area (Å²) in [4.78, 5) is 25.3. The highest BCUT2D eigenvalue weighted by Crippen LogP contribution is 2.51. The van der Waals surface area contributed by atoms with Gasteiger partial charge in [-0.2, -0.15) is 0 Å². The molecule has 6 nitrogen and oxygen atoms in total. The quantitative estimate of drug-likeness (QED) is 0.463. The maximum absolute atomic E-state index is 13.1. The number of aliphatic hydroxyl groups excluding tert-OH is 1. The Labute approximate surface area is 164 Å². The molecule has 2 heterocycles. The minimum Gasteiger partial charge on any atom is -0.506 e. The number of rotatable bonds is 4. The normalized spacial score (nSPS) is 19.4. The zero-order valence-corrected chi connectivity index (χ0v) is 16.8. The second kappa shape index (κ2) is 7.09. The van der Waals surface area contributed by atoms with Crippen LogP contribution in [0.2, 0.25) is 0 Å². The van der Waals surface area contributed by atoms with Crippen molar-refractivity contribution in [2.45, 2.75) is 59.2 Å². The number of carbonyl (C=O) groups is 2. The summed E-state index contributed by atoms with van der Waals surface area (Å²) in [5.74, 6) is -1.69. The second-order valence-electron chi connectivity index (χ2n) is 7.86. The number of aliphatic hydroxyl groups is 1. The fraction of sp³-hybridized carbons (Fsp3) is 0.455. The van der Waals surface area contributed by atoms with Crippen LogP contribution in [-0.2, 0) is 4.79 Å². The lowest BCUT2D eigenvalue weighted by atomic mass is 9.86. The van der Waals surface area contributed by atoms with Crippen molar-refractivity contribution >= 4 is 23.4 Å². The molecule has 0 unspecified atom stereocenters. The van der Waals surface area contributed by atoms with Gasteiger partial charge >= 0.3 is 5.97 Å². The van der Waals surface area contributed by atoms with Gasteiger partial charge < -0.3 is 19.7 Å². The van der Waals surface area contributed by atoms with E-state index in [1.165, 1.54) is 6.92 Å². The van der Waals surface area contributed by atoms with Crippen LogP contribution < -0.4 is 9.47 Å². The van der Waals surface area contributed by atoms with E-state index < -0.39 is 29.4 Å². The average molecular weight is 386 g/mol. The third-order valence-electron chi connectivity index (χ3n) is 5.25. The number of ketones is 1. The summed E-state index contributed by atoms with van der Waals surface area (Å²) in [6.07, 6.45) is 5.02. The van der Waals surface area contributed by atoms with Gasteiger partial charge in [-0.1, -0.05) is 19.9 Å². The van der Waals surface area contributed by atoms with Crippen LogP contribution in [0.15, 0.2) is 12.2 Å². The Morgan fingerprint density at radius 3 is 2.57 bits per heavy atom. The number of ether oxygens (including phenoxy) is 2. The van der Waals surface area contributed by atoms with Crippen LogP contribution in [-0.4, -0.2) is 33.7 Å². The number of aromatic hydroxyl groups is 1. The summed E-state index contributed by atoms with van der Waals surface area (Å²) in [7, 11) is 0. The van der Waals surface area contributed by atoms with Gasteiger partial charge in [0.1, 0.15) is 22.7 Å². The zero-order valence-electron chi connectivity index (χ0n) is 16.8. The lowest BCUT2D eigenvalue weighted by molar-refractivity contribution is -0.133. The molecule has 2 atom stereocenters. The number of hydrogen-bond donors (Lipinski definition) is 2. The van der Waals surface area contributed by atoms with Crippen LogP contribution in [0.4, 0.5) is 0 Å². The maximum Gasteiger partial charge on any atom is 0.315 e. The molecule has 0 radical (unpaired) electrons. The Morgan fingerprint density at radius 1 is 1.29 bits per heavy atom. The Bertz CT molecular complexity index is 904. The summed E-state index contributed by atoms with van der Waals surface area (Å²) in [6, 6.07) is 0. The maximum atomic E-state index is 13.1. The molecule has 28 heavy (non-hydrogen) atoms. The van der Waals surface area contributed by atoms with Gasteiger partial charge in [0.15, 0.2) is 11.5 Å². The van der Waals surface area contributed by atoms with Crippen LogP contribution in [0.3, 0.4) is 0 Å². The summed E-state index contributed by atoms with van der Waals surface area (Å²) in [5, 5.41) is 20.9. The van der Waals surface area contributed by atoms with E-state index in [0.717, 1.165) is 5.57 Å². The van der Waals surface area contributed by atoms with E-state index in [0.29, 0.717) is 23.3 Å². The summed E-state index contributed by atoms with van der Waals surface area (Å²) >= 11 is 0. The van der Waals surface area contributed by atoms with E-state index >= 15 is 0 Å². The first-order valence-corrected chi connectivity index (χ1v) is 9.51. The molecule has 1 aromatic rings. The largest absolute Gasteiger partial charge is 0.506 e. The number of allylic oxidation sites excluding steroid dienone is 1. The van der Waals surface area contributed by atoms with Gasteiger partial charge in [0.25, 0.3) is 0 Å². The number of Topliss-reactive ketones (excluding diaryl/α,β-unsaturated/α-hetero) is 1. The van der Waals surface area contributed by atoms with E-state index in [-0.39, 0.29) is 23.5 Å². The van der Waals surface area contributed by atoms with Gasteiger partial charge in [0, 0.05) is 5.92 Å². The summed E-state index contributed by atoms with van der Waals surface area (Å²) < 4.78 is 11.7. The number of carbonyl (C=O) groups excluding carboxylic acids is 2. The molecule has 0 aliphatic carbocycles. The summed E-state index contributed by atoms with van der Waals surface area (Å²) in [6.45, 7) is 8.77. The third-order valence-corrected chi connectivity index (χ3v) is 5.25. The van der Waals surface area contributed by atoms with E-state index in [1.807, 2.05) is 20.8 Å². The highest BCUT2D eigenvalue weighted by atomic mass is 16.5. The minimum absolute atomic E-state index is 0.00968. The van der Waals surface area contributed by atoms with Crippen LogP contribution in [0.25, 0.3) is 11.6 Å². The van der Waals surface area contributed by atoms with Gasteiger partial charge in [0.2, 0.25) is 0 Å². The molecule has 3 rings (SSSR count). The lowest BCUT2D eigenvalue weighted by Crippen LogP contribution is -2.29. The molecule has 150 valence electrons. The Kier molecular flexibility index (Phi) is 5.10. The highest BCUT2D eigenvalue weighted by molar-refractivity contribution is 6.07. The molecule has 0 amide bonds. The van der Waals surface area contributed by atoms with Crippen molar-refractivity contribution in [2.24, 2.45) is 5.92 Å². The predicted octanol–water partition coefficient (Wildman–Crippen LogP) is 3.88. The van der Waals surface area contributed by atoms with Crippen molar-refractivity contribution in [3.63, 3.8) is 0 Å². The number of phenolic OH excluding ortho intramolecular Hbond substituents is 1. The molecule has 1 aromatic carbocycles. The van der Waals surface area contributed by atoms with Crippen LogP contribution in [0, 0.1) is 5.92 Å². The minimum atomic E-state index is -0.924. The lowest BCUT2D eigenvalue weighted by Gasteiger charge is -2.32. The molecule has 2 N–H and O–H groups in total. The van der Waals surface area contributed by atoms with Gasteiger partial charge in [-0.3, -0.25) is 9.59 Å². The number of fused-ring (bicyclic) bond motifs is 3. The van der Waals surface area contributed by atoms with Crippen molar-refractivity contribution in [1.82, 2.24) is 0 Å². The van der Waals surface area contributed by atoms with E-state index in [2.05, 4.69) is 0 Å². The van der Waals surface area contributed by atoms with E-state index in [1.54, 1.807) is 25.2 Å². The Hall–Kier alpha value is -2.60. The average Bonchev–Trinajstić information content (AvgIpc) is 2.78. The molecule has 0 saturated carbocycles. The zero-order chi connectivity index (χ0) is 20.8. The van der Waals surface area contributed by atoms with Crippen molar-refractivity contribution in [1.29, 1.82) is 0 Å². The molecule has 0 saturated heterocycles. The topological polar surface area (TPSA) is 93.1 Å². The number of benzene rings is 1. The third kappa shape index (κ3) is 3.33. The number of phenols is 1. The monoisotopic (exact) mass is 386 g/mol. The second-order valence-corrected chi connectivity index (χ2v) is 7.86. The van der Waals surface area contributed by atoms with Crippen molar-refractivity contribution in [2.75, 3.05) is 0 Å². The standard InChI is InChI=1S/C22H26O6/c1-6-13-7-8-15(24)27-21-16(13)20-14(9-10-22(4,5)28-20)19(26)17(21)18(25)11(2)12(3)23/h7,9-12,23,26H,6,8H2,1-5H3/t11-,12+/m0/s1. The van der Waals surface area contributed by atoms with Gasteiger partial charge in [-0.25, -0.2) is 0 Å². The molecule has 2 aliphatic heterocycles. The predicted molar refractivity (Wildman–Crippen MR) is 106 cm³/mol. The summed E-state index contributed by atoms with van der Waals surface area (Å²) in [5.41, 5.74) is 0.976. The first kappa shape index (κ1) is 20.1. The smallest absolute Gasteiger partial charge is 0.315 e. The first-order chi connectivity index (χ1) is 13.1. The first-order valence-electron chi connectivity index (χ1n) is 9.51. The fourth-order valence-corrected chi connectivity index (χ4v) is 3.41. The fourth-order valence-electron chi connectivity index (χ4n) is 3.41. The van der Waals surface area contributed by atoms with Crippen molar-refractivity contribution < 1.29 is 29.3 Å². The Balaban J connectivity index is 2.39. The molecule has 0 fully saturated rings. The van der Waals surface area contributed by atoms with Crippen molar-refractivity contribution in [3.8, 4) is 17.2 Å². The Morgan fingerprint density at radius 2 is 1.96 bits per heavy atom. The van der Waals surface area contributed by atoms with Gasteiger partial charge in [0.05, 0.1) is 23.7 Å². The van der Waals surface area contributed by atoms with E-state index in [9.17, 15) is 19.8 Å². The van der Waals surface area contributed by atoms with E-state index in [4.69, 9.17) is 9.47 Å². The molecule has 0 aromatic heterocycles. The van der Waals surface area contributed by atoms with Gasteiger partial charge in [-0.15, -0.1) is 0 Å². The van der Waals surface area contributed by atoms with Crippen molar-refractivity contribution in [3.05, 3.63) is 28.8 Å².